The van der Waals surface area contributed by atoms with E-state index in [1.807, 2.05) is 24.3 Å². The Morgan fingerprint density at radius 2 is 0.875 bits per heavy atom. The number of rotatable bonds is 4. The van der Waals surface area contributed by atoms with E-state index in [-0.39, 0.29) is 5.41 Å². The van der Waals surface area contributed by atoms with Gasteiger partial charge in [-0.2, -0.15) is 0 Å². The van der Waals surface area contributed by atoms with Crippen LogP contribution in [0.15, 0.2) is 200 Å². The van der Waals surface area contributed by atoms with Gasteiger partial charge in [-0.15, -0.1) is 0 Å². The molecule has 0 saturated heterocycles. The van der Waals surface area contributed by atoms with E-state index in [2.05, 4.69) is 203 Å². The topological polar surface area (TPSA) is 40.6 Å². The summed E-state index contributed by atoms with van der Waals surface area (Å²) in [5.41, 5.74) is 18.1. The molecule has 0 N–H and O–H groups in total. The maximum absolute atomic E-state index is 5.41. The lowest BCUT2D eigenvalue weighted by Gasteiger charge is -2.21. The second-order valence-electron chi connectivity index (χ2n) is 17.8. The van der Waals surface area contributed by atoms with Crippen LogP contribution in [-0.2, 0) is 5.41 Å². The lowest BCUT2D eigenvalue weighted by molar-refractivity contribution is 0.660. The van der Waals surface area contributed by atoms with Crippen molar-refractivity contribution in [3.8, 4) is 39.6 Å². The van der Waals surface area contributed by atoms with Crippen molar-refractivity contribution in [3.05, 3.63) is 211 Å². The number of nitrogens with zero attached hydrogens (tertiary/aromatic N) is 5. The Morgan fingerprint density at radius 1 is 0.359 bits per heavy atom. The van der Waals surface area contributed by atoms with E-state index in [4.69, 9.17) is 9.97 Å². The van der Waals surface area contributed by atoms with Crippen LogP contribution in [0.5, 0.6) is 0 Å². The van der Waals surface area contributed by atoms with Crippen molar-refractivity contribution in [2.45, 2.75) is 19.3 Å². The van der Waals surface area contributed by atoms with Crippen LogP contribution in [0.1, 0.15) is 25.0 Å². The highest BCUT2D eigenvalue weighted by Gasteiger charge is 2.35. The Balaban J connectivity index is 1.04. The predicted octanol–water partition coefficient (Wildman–Crippen LogP) is 14.9. The molecule has 4 aromatic heterocycles. The highest BCUT2D eigenvalue weighted by Crippen LogP contribution is 2.50. The zero-order valence-electron chi connectivity index (χ0n) is 35.3. The number of para-hydroxylation sites is 5. The number of hydrogen-bond donors (Lipinski definition) is 0. The maximum Gasteiger partial charge on any atom is 0.165 e. The number of benzene rings is 9. The van der Waals surface area contributed by atoms with Gasteiger partial charge in [0.25, 0.3) is 0 Å². The first-order chi connectivity index (χ1) is 31.5. The van der Waals surface area contributed by atoms with Gasteiger partial charge < -0.3 is 9.13 Å². The van der Waals surface area contributed by atoms with Gasteiger partial charge in [-0.3, -0.25) is 4.57 Å². The summed E-state index contributed by atoms with van der Waals surface area (Å²) < 4.78 is 7.26. The molecule has 14 rings (SSSR count). The van der Waals surface area contributed by atoms with Gasteiger partial charge in [0.2, 0.25) is 0 Å². The molecule has 5 heteroatoms. The molecule has 0 saturated carbocycles. The summed E-state index contributed by atoms with van der Waals surface area (Å²) in [7, 11) is 0. The second-order valence-corrected chi connectivity index (χ2v) is 17.8. The molecule has 9 aromatic carbocycles. The van der Waals surface area contributed by atoms with Gasteiger partial charge in [0.05, 0.1) is 44.1 Å². The minimum Gasteiger partial charge on any atom is -0.309 e. The summed E-state index contributed by atoms with van der Waals surface area (Å²) in [6, 6.07) is 72.7. The number of hydrogen-bond acceptors (Lipinski definition) is 2. The van der Waals surface area contributed by atoms with Crippen molar-refractivity contribution in [2.75, 3.05) is 0 Å². The monoisotopic (exact) mass is 817 g/mol. The molecule has 64 heavy (non-hydrogen) atoms. The molecule has 0 radical (unpaired) electrons. The smallest absolute Gasteiger partial charge is 0.165 e. The Labute approximate surface area is 368 Å². The van der Waals surface area contributed by atoms with Crippen LogP contribution < -0.4 is 0 Å². The molecule has 0 unspecified atom stereocenters. The molecular formula is C59H39N5. The maximum atomic E-state index is 5.41. The molecular weight excluding hydrogens is 779 g/mol. The summed E-state index contributed by atoms with van der Waals surface area (Å²) in [5, 5.41) is 7.32. The van der Waals surface area contributed by atoms with Gasteiger partial charge >= 0.3 is 0 Å². The first-order valence-corrected chi connectivity index (χ1v) is 22.1. The van der Waals surface area contributed by atoms with Gasteiger partial charge in [0, 0.05) is 54.7 Å². The molecule has 5 nitrogen and oxygen atoms in total. The molecule has 0 atom stereocenters. The third-order valence-corrected chi connectivity index (χ3v) is 14.0. The fourth-order valence-electron chi connectivity index (χ4n) is 11.2. The highest BCUT2D eigenvalue weighted by molar-refractivity contribution is 6.29. The molecule has 4 heterocycles. The van der Waals surface area contributed by atoms with Crippen LogP contribution in [0.25, 0.3) is 116 Å². The predicted molar refractivity (Wildman–Crippen MR) is 266 cm³/mol. The van der Waals surface area contributed by atoms with Crippen molar-refractivity contribution < 1.29 is 0 Å². The van der Waals surface area contributed by atoms with Gasteiger partial charge in [-0.05, 0) is 89.0 Å². The quantitative estimate of drug-likeness (QED) is 0.177. The molecule has 0 fully saturated rings. The zero-order valence-corrected chi connectivity index (χ0v) is 35.3. The Kier molecular flexibility index (Phi) is 7.11. The van der Waals surface area contributed by atoms with Crippen molar-refractivity contribution in [1.82, 2.24) is 23.7 Å². The van der Waals surface area contributed by atoms with Crippen LogP contribution in [0.4, 0.5) is 0 Å². The summed E-state index contributed by atoms with van der Waals surface area (Å²) in [5.74, 6) is 0.809. The molecule has 0 aliphatic heterocycles. The fraction of sp³-hybridized carbons (Fsp3) is 0.0508. The Hall–Kier alpha value is -8.28. The fourth-order valence-corrected chi connectivity index (χ4v) is 11.2. The normalized spacial score (nSPS) is 13.3. The lowest BCUT2D eigenvalue weighted by Crippen LogP contribution is -2.14. The third kappa shape index (κ3) is 4.73. The molecule has 1 aliphatic carbocycles. The van der Waals surface area contributed by atoms with E-state index in [1.165, 1.54) is 76.8 Å². The van der Waals surface area contributed by atoms with Crippen LogP contribution in [0.2, 0.25) is 0 Å². The average molecular weight is 818 g/mol. The van der Waals surface area contributed by atoms with E-state index in [1.54, 1.807) is 0 Å². The molecule has 300 valence electrons. The van der Waals surface area contributed by atoms with Crippen LogP contribution >= 0.6 is 0 Å². The van der Waals surface area contributed by atoms with E-state index < -0.39 is 0 Å². The number of fused-ring (bicyclic) bond motifs is 14. The average Bonchev–Trinajstić information content (AvgIpc) is 4.04. The first kappa shape index (κ1) is 35.3. The highest BCUT2D eigenvalue weighted by atomic mass is 15.1. The summed E-state index contributed by atoms with van der Waals surface area (Å²) >= 11 is 0. The molecule has 13 aromatic rings. The van der Waals surface area contributed by atoms with E-state index in [0.29, 0.717) is 0 Å². The van der Waals surface area contributed by atoms with Crippen molar-refractivity contribution in [3.63, 3.8) is 0 Å². The number of aromatic nitrogens is 5. The van der Waals surface area contributed by atoms with E-state index >= 15 is 0 Å². The van der Waals surface area contributed by atoms with Gasteiger partial charge in [0.1, 0.15) is 5.69 Å². The van der Waals surface area contributed by atoms with Crippen LogP contribution in [-0.4, -0.2) is 23.7 Å². The molecule has 1 aliphatic rings. The standard InChI is InChI=1S/C59H39N5/c1-59(2)45-22-10-6-18-39(45)44-34-37(29-31-46(44)59)62-50-26-14-8-20-42(50)55-52(62)32-33-53-56(55)43-21-9-15-27-51(43)63(53)38-28-30-41-40-19-7-13-25-49(40)64(54(41)35-38)58-57(36-16-4-3-5-17-36)60-47-23-11-12-24-48(47)61-58/h3-35H,1-2H3. The van der Waals surface area contributed by atoms with Crippen molar-refractivity contribution in [1.29, 1.82) is 0 Å². The second kappa shape index (κ2) is 12.9. The van der Waals surface area contributed by atoms with Gasteiger partial charge in [-0.25, -0.2) is 9.97 Å². The zero-order chi connectivity index (χ0) is 42.3. The molecule has 0 spiro atoms. The van der Waals surface area contributed by atoms with Crippen LogP contribution in [0.3, 0.4) is 0 Å². The minimum atomic E-state index is -0.0519. The van der Waals surface area contributed by atoms with Crippen LogP contribution in [0, 0.1) is 0 Å². The largest absolute Gasteiger partial charge is 0.309 e. The lowest BCUT2D eigenvalue weighted by atomic mass is 9.82. The Morgan fingerprint density at radius 3 is 1.58 bits per heavy atom. The molecule has 0 amide bonds. The summed E-state index contributed by atoms with van der Waals surface area (Å²) in [6.07, 6.45) is 0. The minimum absolute atomic E-state index is 0.0519. The summed E-state index contributed by atoms with van der Waals surface area (Å²) in [6.45, 7) is 4.70. The van der Waals surface area contributed by atoms with E-state index in [0.717, 1.165) is 50.3 Å². The van der Waals surface area contributed by atoms with Crippen molar-refractivity contribution >= 4 is 76.5 Å². The van der Waals surface area contributed by atoms with Crippen molar-refractivity contribution in [2.24, 2.45) is 0 Å². The first-order valence-electron chi connectivity index (χ1n) is 22.1. The van der Waals surface area contributed by atoms with Gasteiger partial charge in [0.15, 0.2) is 5.82 Å². The Bertz CT molecular complexity index is 4110. The van der Waals surface area contributed by atoms with Gasteiger partial charge in [-0.1, -0.05) is 147 Å². The third-order valence-electron chi connectivity index (χ3n) is 14.0. The molecule has 0 bridgehead atoms. The SMILES string of the molecule is CC1(C)c2ccccc2-c2cc(-n3c4ccccc4c4c5c6ccccc6n(-c6ccc7c8ccccc8n(-c8nc9ccccc9nc8-c8ccccc8)c7c6)c5ccc43)ccc21. The summed E-state index contributed by atoms with van der Waals surface area (Å²) in [4.78, 5) is 10.7. The van der Waals surface area contributed by atoms with E-state index in [9.17, 15) is 0 Å².